The predicted molar refractivity (Wildman–Crippen MR) is 159 cm³/mol. The Hall–Kier alpha value is -3.58. The van der Waals surface area contributed by atoms with Gasteiger partial charge in [0, 0.05) is 34.5 Å². The van der Waals surface area contributed by atoms with Crippen LogP contribution < -0.4 is 33.6 Å². The third kappa shape index (κ3) is 16.2. The Morgan fingerprint density at radius 3 is 1.26 bits per heavy atom. The Bertz CT molecular complexity index is 973. The molecule has 2 rings (SSSR count). The number of hydrogen-bond donors (Lipinski definition) is 8. The normalized spacial score (nSPS) is 12.5. The van der Waals surface area contributed by atoms with Crippen LogP contribution in [0.5, 0.6) is 0 Å². The molecule has 0 aliphatic heterocycles. The molecule has 0 unspecified atom stereocenters. The summed E-state index contributed by atoms with van der Waals surface area (Å²) >= 11 is 11.7. The summed E-state index contributed by atoms with van der Waals surface area (Å²) in [5.41, 5.74) is 24.8. The number of guanidine groups is 4. The number of nitrogens with two attached hydrogens (primary N) is 4. The Kier molecular flexibility index (Phi) is 16.7. The molecule has 0 radical (unpaired) electrons. The highest BCUT2D eigenvalue weighted by Crippen LogP contribution is 2.13. The largest absolute Gasteiger partial charge is 0.394 e. The van der Waals surface area contributed by atoms with Gasteiger partial charge in [-0.15, -0.1) is 0 Å². The lowest BCUT2D eigenvalue weighted by atomic mass is 10.2. The zero-order valence-electron chi connectivity index (χ0n) is 21.0. The first-order valence-corrected chi connectivity index (χ1v) is 12.5. The van der Waals surface area contributed by atoms with E-state index >= 15 is 0 Å². The van der Waals surface area contributed by atoms with Gasteiger partial charge >= 0.3 is 0 Å². The number of aliphatic hydroxyl groups excluding tert-OH is 2. The average Bonchev–Trinajstić information content (AvgIpc) is 2.88. The third-order valence-corrected chi connectivity index (χ3v) is 4.92. The van der Waals surface area contributed by atoms with Crippen LogP contribution in [0, 0.1) is 0 Å². The quantitative estimate of drug-likeness (QED) is 0.121. The van der Waals surface area contributed by atoms with Crippen molar-refractivity contribution in [2.75, 3.05) is 36.9 Å². The van der Waals surface area contributed by atoms with Crippen LogP contribution >= 0.6 is 23.2 Å². The van der Waals surface area contributed by atoms with Crippen LogP contribution in [0.3, 0.4) is 0 Å². The highest BCUT2D eigenvalue weighted by atomic mass is 35.5. The van der Waals surface area contributed by atoms with E-state index < -0.39 is 0 Å². The van der Waals surface area contributed by atoms with Crippen molar-refractivity contribution in [2.24, 2.45) is 42.9 Å². The molecule has 12 nitrogen and oxygen atoms in total. The first kappa shape index (κ1) is 32.4. The van der Waals surface area contributed by atoms with Crippen LogP contribution in [0.15, 0.2) is 68.5 Å². The van der Waals surface area contributed by atoms with E-state index in [1.807, 2.05) is 0 Å². The van der Waals surface area contributed by atoms with Crippen molar-refractivity contribution in [2.45, 2.75) is 25.7 Å². The summed E-state index contributed by atoms with van der Waals surface area (Å²) in [4.78, 5) is 16.5. The molecular weight excluding hydrogens is 531 g/mol. The molecule has 0 amide bonds. The number of aliphatic hydroxyl groups is 2. The Morgan fingerprint density at radius 2 is 0.947 bits per heavy atom. The van der Waals surface area contributed by atoms with E-state index in [4.69, 9.17) is 56.3 Å². The van der Waals surface area contributed by atoms with Gasteiger partial charge in [0.1, 0.15) is 0 Å². The molecule has 0 atom stereocenters. The number of rotatable bonds is 10. The molecular formula is C24H36Cl2N10O2. The summed E-state index contributed by atoms with van der Waals surface area (Å²) < 4.78 is 0. The molecule has 0 fully saturated rings. The first-order valence-electron chi connectivity index (χ1n) is 11.8. The molecule has 0 aromatic heterocycles. The van der Waals surface area contributed by atoms with Crippen LogP contribution in [0.2, 0.25) is 10.0 Å². The number of hydrogen-bond acceptors (Lipinski definition) is 4. The molecule has 0 spiro atoms. The van der Waals surface area contributed by atoms with Gasteiger partial charge in [0.15, 0.2) is 0 Å². The van der Waals surface area contributed by atoms with E-state index in [1.54, 1.807) is 48.5 Å². The average molecular weight is 568 g/mol. The smallest absolute Gasteiger partial charge is 0.218 e. The van der Waals surface area contributed by atoms with E-state index in [2.05, 4.69) is 30.6 Å². The highest BCUT2D eigenvalue weighted by molar-refractivity contribution is 6.31. The van der Waals surface area contributed by atoms with Crippen molar-refractivity contribution in [3.05, 3.63) is 58.6 Å². The molecule has 14 heteroatoms. The summed E-state index contributed by atoms with van der Waals surface area (Å²) in [6.45, 7) is 0.873. The van der Waals surface area contributed by atoms with Crippen molar-refractivity contribution in [3.8, 4) is 0 Å². The Labute approximate surface area is 232 Å². The number of halogens is 2. The van der Waals surface area contributed by atoms with Crippen LogP contribution in [-0.4, -0.2) is 60.4 Å². The van der Waals surface area contributed by atoms with Crippen LogP contribution in [-0.2, 0) is 0 Å². The molecule has 12 N–H and O–H groups in total. The predicted octanol–water partition coefficient (Wildman–Crippen LogP) is 2.31. The molecule has 0 bridgehead atoms. The molecule has 2 aromatic carbocycles. The molecule has 208 valence electrons. The zero-order chi connectivity index (χ0) is 28.2. The van der Waals surface area contributed by atoms with Gasteiger partial charge in [0.25, 0.3) is 0 Å². The Morgan fingerprint density at radius 1 is 0.605 bits per heavy atom. The fourth-order valence-electron chi connectivity index (χ4n) is 2.70. The zero-order valence-corrected chi connectivity index (χ0v) is 22.5. The summed E-state index contributed by atoms with van der Waals surface area (Å²) in [7, 11) is 0. The van der Waals surface area contributed by atoms with Gasteiger partial charge in [-0.05, 0) is 61.4 Å². The lowest BCUT2D eigenvalue weighted by Crippen LogP contribution is -2.26. The number of unbranched alkanes of at least 4 members (excludes halogenated alkanes) is 3. The third-order valence-electron chi connectivity index (χ3n) is 4.42. The van der Waals surface area contributed by atoms with Crippen molar-refractivity contribution in [3.63, 3.8) is 0 Å². The van der Waals surface area contributed by atoms with Crippen molar-refractivity contribution in [1.82, 2.24) is 0 Å². The van der Waals surface area contributed by atoms with E-state index in [0.717, 1.165) is 37.1 Å². The van der Waals surface area contributed by atoms with E-state index in [0.29, 0.717) is 23.1 Å². The maximum Gasteiger partial charge on any atom is 0.218 e. The summed E-state index contributed by atoms with van der Waals surface area (Å²) in [5.74, 6) is 0.564. The number of nitrogens with one attached hydrogen (secondary N) is 2. The van der Waals surface area contributed by atoms with Crippen molar-refractivity contribution < 1.29 is 10.2 Å². The second-order valence-corrected chi connectivity index (χ2v) is 8.47. The number of aliphatic imine (C=N–C) groups is 4. The summed E-state index contributed by atoms with van der Waals surface area (Å²) in [5, 5.41) is 22.4. The second kappa shape index (κ2) is 19.5. The van der Waals surface area contributed by atoms with Crippen LogP contribution in [0.25, 0.3) is 0 Å². The fourth-order valence-corrected chi connectivity index (χ4v) is 2.95. The van der Waals surface area contributed by atoms with Gasteiger partial charge in [-0.2, -0.15) is 9.98 Å². The van der Waals surface area contributed by atoms with Crippen LogP contribution in [0.4, 0.5) is 11.4 Å². The van der Waals surface area contributed by atoms with Gasteiger partial charge < -0.3 is 43.8 Å². The lowest BCUT2D eigenvalue weighted by Gasteiger charge is -2.05. The topological polar surface area (TPSA) is 218 Å². The SMILES string of the molecule is NC(=NCCCCCCN=C(N)N=C(N)Nc1ccc(Cl)cc1)N=C(N)Nc1ccc(Cl)cc1.OCCO. The van der Waals surface area contributed by atoms with Gasteiger partial charge in [0.2, 0.25) is 23.8 Å². The van der Waals surface area contributed by atoms with Gasteiger partial charge in [-0.1, -0.05) is 36.0 Å². The minimum atomic E-state index is -0.125. The van der Waals surface area contributed by atoms with Gasteiger partial charge in [-0.3, -0.25) is 9.98 Å². The maximum atomic E-state index is 7.62. The maximum absolute atomic E-state index is 7.62. The Balaban J connectivity index is 0.00000168. The molecule has 0 heterocycles. The second-order valence-electron chi connectivity index (χ2n) is 7.60. The van der Waals surface area contributed by atoms with E-state index in [9.17, 15) is 0 Å². The van der Waals surface area contributed by atoms with E-state index in [-0.39, 0.29) is 37.1 Å². The fraction of sp³-hybridized carbons (Fsp3) is 0.333. The number of nitrogens with zero attached hydrogens (tertiary/aromatic N) is 4. The molecule has 0 aliphatic rings. The minimum Gasteiger partial charge on any atom is -0.394 e. The molecule has 0 saturated carbocycles. The monoisotopic (exact) mass is 566 g/mol. The molecule has 0 aliphatic carbocycles. The number of benzene rings is 2. The van der Waals surface area contributed by atoms with Crippen molar-refractivity contribution in [1.29, 1.82) is 0 Å². The van der Waals surface area contributed by atoms with Gasteiger partial charge in [-0.25, -0.2) is 0 Å². The van der Waals surface area contributed by atoms with Crippen molar-refractivity contribution >= 4 is 58.4 Å². The molecule has 0 saturated heterocycles. The van der Waals surface area contributed by atoms with Gasteiger partial charge in [0.05, 0.1) is 13.2 Å². The summed E-state index contributed by atoms with van der Waals surface area (Å²) in [6, 6.07) is 14.1. The van der Waals surface area contributed by atoms with E-state index in [1.165, 1.54) is 0 Å². The molecule has 2 aromatic rings. The highest BCUT2D eigenvalue weighted by Gasteiger charge is 1.99. The minimum absolute atomic E-state index is 0.124. The first-order chi connectivity index (χ1) is 18.2. The summed E-state index contributed by atoms with van der Waals surface area (Å²) in [6.07, 6.45) is 3.68. The lowest BCUT2D eigenvalue weighted by molar-refractivity contribution is 0.186. The standard InChI is InChI=1S/C22H30Cl2N10.C2H6O2/c23-15-5-9-17(10-6-15)31-21(27)33-19(25)29-13-3-1-2-4-14-30-20(26)34-22(28)32-18-11-7-16(24)8-12-18;3-1-2-4/h5-12H,1-4,13-14H2,(H5,25,27,29,31,33)(H5,26,28,30,32,34);3-4H,1-2H2. The molecule has 38 heavy (non-hydrogen) atoms. The van der Waals surface area contributed by atoms with Crippen LogP contribution in [0.1, 0.15) is 25.7 Å². The number of anilines is 2.